The zero-order chi connectivity index (χ0) is 16.4. The van der Waals surface area contributed by atoms with Crippen LogP contribution in [0.15, 0.2) is 48.5 Å². The van der Waals surface area contributed by atoms with E-state index in [2.05, 4.69) is 4.98 Å². The molecular weight excluding hydrogens is 312 g/mol. The van der Waals surface area contributed by atoms with Crippen molar-refractivity contribution in [3.05, 3.63) is 65.5 Å². The number of benzene rings is 1. The van der Waals surface area contributed by atoms with Crippen LogP contribution in [0.25, 0.3) is 0 Å². The molecule has 1 aromatic carbocycles. The molecule has 0 saturated carbocycles. The molecule has 1 aromatic heterocycles. The van der Waals surface area contributed by atoms with Crippen LogP contribution in [0.5, 0.6) is 0 Å². The van der Waals surface area contributed by atoms with E-state index < -0.39 is 15.9 Å². The van der Waals surface area contributed by atoms with E-state index in [1.54, 1.807) is 17.0 Å². The van der Waals surface area contributed by atoms with Crippen LogP contribution in [0, 0.1) is 6.92 Å². The van der Waals surface area contributed by atoms with Crippen LogP contribution in [0.1, 0.15) is 27.8 Å². The van der Waals surface area contributed by atoms with Crippen LogP contribution in [-0.2, 0) is 9.84 Å². The van der Waals surface area contributed by atoms with Gasteiger partial charge in [0.05, 0.1) is 17.5 Å². The highest BCUT2D eigenvalue weighted by atomic mass is 32.2. The molecule has 3 rings (SSSR count). The van der Waals surface area contributed by atoms with Crippen LogP contribution >= 0.6 is 0 Å². The molecule has 0 aliphatic carbocycles. The van der Waals surface area contributed by atoms with Gasteiger partial charge in [-0.15, -0.1) is 0 Å². The Hall–Kier alpha value is -2.21. The lowest BCUT2D eigenvalue weighted by Crippen LogP contribution is -2.46. The van der Waals surface area contributed by atoms with Crippen molar-refractivity contribution in [1.82, 2.24) is 9.88 Å². The number of pyridine rings is 1. The lowest BCUT2D eigenvalue weighted by molar-refractivity contribution is 0.0691. The summed E-state index contributed by atoms with van der Waals surface area (Å²) in [6.45, 7) is 2.02. The Morgan fingerprint density at radius 2 is 1.87 bits per heavy atom. The SMILES string of the molecule is Cc1cccc(C(=O)N2CCS(=O)(=O)CC2c2ccccc2)n1. The number of hydrogen-bond donors (Lipinski definition) is 0. The Morgan fingerprint density at radius 3 is 2.57 bits per heavy atom. The second kappa shape index (κ2) is 6.12. The van der Waals surface area contributed by atoms with Crippen LogP contribution < -0.4 is 0 Å². The van der Waals surface area contributed by atoms with E-state index in [1.165, 1.54) is 0 Å². The summed E-state index contributed by atoms with van der Waals surface area (Å²) in [6.07, 6.45) is 0. The van der Waals surface area contributed by atoms with Gasteiger partial charge in [0.15, 0.2) is 9.84 Å². The van der Waals surface area contributed by atoms with Gasteiger partial charge < -0.3 is 4.90 Å². The van der Waals surface area contributed by atoms with E-state index in [9.17, 15) is 13.2 Å². The topological polar surface area (TPSA) is 67.3 Å². The van der Waals surface area contributed by atoms with E-state index in [4.69, 9.17) is 0 Å². The van der Waals surface area contributed by atoms with Gasteiger partial charge in [-0.05, 0) is 24.6 Å². The molecule has 0 radical (unpaired) electrons. The second-order valence-corrected chi connectivity index (χ2v) is 7.93. The number of nitrogens with zero attached hydrogens (tertiary/aromatic N) is 2. The minimum Gasteiger partial charge on any atom is -0.328 e. The number of carbonyl (C=O) groups is 1. The summed E-state index contributed by atoms with van der Waals surface area (Å²) >= 11 is 0. The maximum Gasteiger partial charge on any atom is 0.273 e. The fourth-order valence-electron chi connectivity index (χ4n) is 2.81. The molecular formula is C17H18N2O3S. The molecule has 1 unspecified atom stereocenters. The minimum atomic E-state index is -3.15. The molecule has 0 bridgehead atoms. The molecule has 23 heavy (non-hydrogen) atoms. The summed E-state index contributed by atoms with van der Waals surface area (Å²) in [7, 11) is -3.15. The Bertz CT molecular complexity index is 819. The van der Waals surface area contributed by atoms with Crippen molar-refractivity contribution in [2.45, 2.75) is 13.0 Å². The van der Waals surface area contributed by atoms with Gasteiger partial charge in [0, 0.05) is 12.2 Å². The monoisotopic (exact) mass is 330 g/mol. The first-order chi connectivity index (χ1) is 11.0. The first-order valence-electron chi connectivity index (χ1n) is 7.46. The summed E-state index contributed by atoms with van der Waals surface area (Å²) in [4.78, 5) is 18.7. The molecule has 6 heteroatoms. The molecule has 1 aliphatic heterocycles. The fourth-order valence-corrected chi connectivity index (χ4v) is 4.31. The molecule has 0 N–H and O–H groups in total. The second-order valence-electron chi connectivity index (χ2n) is 5.70. The summed E-state index contributed by atoms with van der Waals surface area (Å²) in [6, 6.07) is 14.1. The molecule has 1 fully saturated rings. The van der Waals surface area contributed by atoms with Crippen molar-refractivity contribution in [3.8, 4) is 0 Å². The standard InChI is InChI=1S/C17H18N2O3S/c1-13-6-5-9-15(18-13)17(20)19-10-11-23(21,22)12-16(19)14-7-3-2-4-8-14/h2-9,16H,10-12H2,1H3. The molecule has 1 aliphatic rings. The van der Waals surface area contributed by atoms with E-state index in [1.807, 2.05) is 43.3 Å². The first-order valence-corrected chi connectivity index (χ1v) is 9.28. The number of carbonyl (C=O) groups excluding carboxylic acids is 1. The van der Waals surface area contributed by atoms with Crippen molar-refractivity contribution in [2.75, 3.05) is 18.1 Å². The molecule has 2 heterocycles. The first kappa shape index (κ1) is 15.7. The predicted octanol–water partition coefficient (Wildman–Crippen LogP) is 2.00. The molecule has 1 saturated heterocycles. The summed E-state index contributed by atoms with van der Waals surface area (Å²) in [5.74, 6) is -0.278. The van der Waals surface area contributed by atoms with Gasteiger partial charge in [-0.2, -0.15) is 0 Å². The van der Waals surface area contributed by atoms with Gasteiger partial charge in [0.1, 0.15) is 5.69 Å². The molecule has 1 amide bonds. The maximum atomic E-state index is 12.8. The molecule has 5 nitrogen and oxygen atoms in total. The predicted molar refractivity (Wildman–Crippen MR) is 87.8 cm³/mol. The summed E-state index contributed by atoms with van der Waals surface area (Å²) < 4.78 is 24.1. The fraction of sp³-hybridized carbons (Fsp3) is 0.294. The Morgan fingerprint density at radius 1 is 1.13 bits per heavy atom. The highest BCUT2D eigenvalue weighted by molar-refractivity contribution is 7.91. The van der Waals surface area contributed by atoms with Crippen LogP contribution in [0.2, 0.25) is 0 Å². The van der Waals surface area contributed by atoms with Crippen molar-refractivity contribution in [2.24, 2.45) is 0 Å². The smallest absolute Gasteiger partial charge is 0.273 e. The number of aromatic nitrogens is 1. The van der Waals surface area contributed by atoms with Gasteiger partial charge in [0.2, 0.25) is 0 Å². The van der Waals surface area contributed by atoms with Crippen molar-refractivity contribution < 1.29 is 13.2 Å². The van der Waals surface area contributed by atoms with Gasteiger partial charge in [-0.3, -0.25) is 4.79 Å². The number of rotatable bonds is 2. The van der Waals surface area contributed by atoms with Crippen LogP contribution in [-0.4, -0.2) is 42.3 Å². The third-order valence-electron chi connectivity index (χ3n) is 3.98. The van der Waals surface area contributed by atoms with Crippen molar-refractivity contribution in [1.29, 1.82) is 0 Å². The number of sulfone groups is 1. The molecule has 0 spiro atoms. The van der Waals surface area contributed by atoms with Crippen molar-refractivity contribution >= 4 is 15.7 Å². The number of amides is 1. The highest BCUT2D eigenvalue weighted by Crippen LogP contribution is 2.28. The average Bonchev–Trinajstić information content (AvgIpc) is 2.54. The van der Waals surface area contributed by atoms with E-state index >= 15 is 0 Å². The lowest BCUT2D eigenvalue weighted by Gasteiger charge is -2.35. The van der Waals surface area contributed by atoms with Gasteiger partial charge >= 0.3 is 0 Å². The summed E-state index contributed by atoms with van der Waals surface area (Å²) in [5.41, 5.74) is 1.94. The Labute approximate surface area is 135 Å². The van der Waals surface area contributed by atoms with Gasteiger partial charge in [-0.1, -0.05) is 36.4 Å². The molecule has 1 atom stereocenters. The molecule has 120 valence electrons. The zero-order valence-electron chi connectivity index (χ0n) is 12.8. The average molecular weight is 330 g/mol. The Balaban J connectivity index is 1.97. The number of aryl methyl sites for hydroxylation is 1. The third kappa shape index (κ3) is 3.42. The van der Waals surface area contributed by atoms with E-state index in [0.717, 1.165) is 11.3 Å². The largest absolute Gasteiger partial charge is 0.328 e. The maximum absolute atomic E-state index is 12.8. The van der Waals surface area contributed by atoms with Crippen LogP contribution in [0.4, 0.5) is 0 Å². The molecule has 2 aromatic rings. The van der Waals surface area contributed by atoms with Crippen LogP contribution in [0.3, 0.4) is 0 Å². The normalized spacial score (nSPS) is 20.2. The zero-order valence-corrected chi connectivity index (χ0v) is 13.7. The van der Waals surface area contributed by atoms with E-state index in [-0.39, 0.29) is 24.0 Å². The van der Waals surface area contributed by atoms with E-state index in [0.29, 0.717) is 5.69 Å². The lowest BCUT2D eigenvalue weighted by atomic mass is 10.1. The van der Waals surface area contributed by atoms with Gasteiger partial charge in [-0.25, -0.2) is 13.4 Å². The van der Waals surface area contributed by atoms with Gasteiger partial charge in [0.25, 0.3) is 5.91 Å². The minimum absolute atomic E-state index is 0.00606. The highest BCUT2D eigenvalue weighted by Gasteiger charge is 2.35. The Kier molecular flexibility index (Phi) is 4.17. The third-order valence-corrected chi connectivity index (χ3v) is 5.61. The summed E-state index contributed by atoms with van der Waals surface area (Å²) in [5, 5.41) is 0. The number of hydrogen-bond acceptors (Lipinski definition) is 4. The van der Waals surface area contributed by atoms with Crippen molar-refractivity contribution in [3.63, 3.8) is 0 Å². The quantitative estimate of drug-likeness (QED) is 0.845.